The smallest absolute Gasteiger partial charge is 0.152 e. The molecular weight excluding hydrogens is 228 g/mol. The van der Waals surface area contributed by atoms with Crippen LogP contribution in [0.5, 0.6) is 11.5 Å². The van der Waals surface area contributed by atoms with Crippen LogP contribution in [0.4, 0.5) is 0 Å². The molecule has 2 aromatic rings. The minimum atomic E-state index is -1.07. The minimum absolute atomic E-state index is 0.236. The fourth-order valence-electron chi connectivity index (χ4n) is 2.30. The van der Waals surface area contributed by atoms with Gasteiger partial charge >= 0.3 is 0 Å². The van der Waals surface area contributed by atoms with Gasteiger partial charge in [-0.1, -0.05) is 30.3 Å². The highest BCUT2D eigenvalue weighted by molar-refractivity contribution is 5.51. The predicted molar refractivity (Wildman–Crippen MR) is 67.9 cm³/mol. The Labute approximate surface area is 106 Å². The van der Waals surface area contributed by atoms with Crippen molar-refractivity contribution in [2.75, 3.05) is 13.7 Å². The molecule has 1 atom stereocenters. The van der Waals surface area contributed by atoms with Crippen molar-refractivity contribution in [3.8, 4) is 11.5 Å². The summed E-state index contributed by atoms with van der Waals surface area (Å²) in [7, 11) is 1.61. The Hall–Kier alpha value is -2.00. The second-order valence-corrected chi connectivity index (χ2v) is 4.38. The monoisotopic (exact) mass is 242 g/mol. The van der Waals surface area contributed by atoms with Gasteiger partial charge in [0.25, 0.3) is 0 Å². The molecular formula is C15H14O3. The first-order chi connectivity index (χ1) is 8.74. The van der Waals surface area contributed by atoms with Crippen LogP contribution in [0.25, 0.3) is 0 Å². The lowest BCUT2D eigenvalue weighted by Crippen LogP contribution is -2.28. The number of rotatable bonds is 2. The summed E-state index contributed by atoms with van der Waals surface area (Å²) in [5.74, 6) is 1.41. The summed E-state index contributed by atoms with van der Waals surface area (Å²) in [6.45, 7) is 0.236. The lowest BCUT2D eigenvalue weighted by molar-refractivity contribution is 0.0560. The maximum atomic E-state index is 10.8. The maximum absolute atomic E-state index is 10.8. The Morgan fingerprint density at radius 1 is 1.17 bits per heavy atom. The van der Waals surface area contributed by atoms with Gasteiger partial charge in [-0.15, -0.1) is 0 Å². The molecule has 0 aliphatic carbocycles. The maximum Gasteiger partial charge on any atom is 0.152 e. The second-order valence-electron chi connectivity index (χ2n) is 4.38. The molecule has 18 heavy (non-hydrogen) atoms. The first-order valence-corrected chi connectivity index (χ1v) is 5.83. The standard InChI is InChI=1S/C15H14O3/c1-17-12-7-8-13-14(9-12)18-10-15(13,16)11-5-3-2-4-6-11/h2-9,16H,10H2,1H3. The Kier molecular flexibility index (Phi) is 2.49. The van der Waals surface area contributed by atoms with Gasteiger partial charge in [0.15, 0.2) is 5.60 Å². The summed E-state index contributed by atoms with van der Waals surface area (Å²) in [4.78, 5) is 0. The number of benzene rings is 2. The van der Waals surface area contributed by atoms with E-state index in [1.54, 1.807) is 13.2 Å². The Bertz CT molecular complexity index is 565. The minimum Gasteiger partial charge on any atom is -0.497 e. The average Bonchev–Trinajstić information content (AvgIpc) is 2.78. The highest BCUT2D eigenvalue weighted by Crippen LogP contribution is 2.42. The third-order valence-corrected chi connectivity index (χ3v) is 3.32. The molecule has 0 saturated heterocycles. The lowest BCUT2D eigenvalue weighted by Gasteiger charge is -2.21. The molecule has 0 amide bonds. The number of fused-ring (bicyclic) bond motifs is 1. The van der Waals surface area contributed by atoms with Crippen LogP contribution in [0.1, 0.15) is 11.1 Å². The molecule has 92 valence electrons. The van der Waals surface area contributed by atoms with E-state index in [1.807, 2.05) is 42.5 Å². The van der Waals surface area contributed by atoms with E-state index in [2.05, 4.69) is 0 Å². The summed E-state index contributed by atoms with van der Waals surface area (Å²) >= 11 is 0. The van der Waals surface area contributed by atoms with Crippen molar-refractivity contribution in [2.45, 2.75) is 5.60 Å². The molecule has 1 heterocycles. The van der Waals surface area contributed by atoms with Gasteiger partial charge in [-0.3, -0.25) is 0 Å². The zero-order chi connectivity index (χ0) is 12.6. The van der Waals surface area contributed by atoms with Gasteiger partial charge in [-0.25, -0.2) is 0 Å². The van der Waals surface area contributed by atoms with Gasteiger partial charge in [0.1, 0.15) is 18.1 Å². The van der Waals surface area contributed by atoms with Crippen molar-refractivity contribution >= 4 is 0 Å². The zero-order valence-corrected chi connectivity index (χ0v) is 10.1. The van der Waals surface area contributed by atoms with E-state index >= 15 is 0 Å². The Balaban J connectivity index is 2.09. The summed E-state index contributed by atoms with van der Waals surface area (Å²) in [5, 5.41) is 10.8. The van der Waals surface area contributed by atoms with Crippen molar-refractivity contribution in [3.63, 3.8) is 0 Å². The fourth-order valence-corrected chi connectivity index (χ4v) is 2.30. The summed E-state index contributed by atoms with van der Waals surface area (Å²) in [5.41, 5.74) is 0.562. The van der Waals surface area contributed by atoms with Crippen LogP contribution in [-0.2, 0) is 5.60 Å². The van der Waals surface area contributed by atoms with Crippen LogP contribution in [0.3, 0.4) is 0 Å². The molecule has 1 aliphatic heterocycles. The van der Waals surface area contributed by atoms with E-state index in [9.17, 15) is 5.11 Å². The largest absolute Gasteiger partial charge is 0.497 e. The Morgan fingerprint density at radius 2 is 1.94 bits per heavy atom. The molecule has 0 bridgehead atoms. The molecule has 0 radical (unpaired) electrons. The first kappa shape index (κ1) is 11.1. The van der Waals surface area contributed by atoms with Crippen LogP contribution >= 0.6 is 0 Å². The normalized spacial score (nSPS) is 21.2. The molecule has 2 aromatic carbocycles. The molecule has 1 N–H and O–H groups in total. The van der Waals surface area contributed by atoms with Crippen molar-refractivity contribution in [1.82, 2.24) is 0 Å². The third-order valence-electron chi connectivity index (χ3n) is 3.32. The summed E-state index contributed by atoms with van der Waals surface area (Å²) in [6.07, 6.45) is 0. The van der Waals surface area contributed by atoms with Gasteiger partial charge in [0.05, 0.1) is 7.11 Å². The quantitative estimate of drug-likeness (QED) is 0.878. The van der Waals surface area contributed by atoms with E-state index < -0.39 is 5.60 Å². The van der Waals surface area contributed by atoms with Crippen LogP contribution in [0, 0.1) is 0 Å². The third kappa shape index (κ3) is 1.56. The predicted octanol–water partition coefficient (Wildman–Crippen LogP) is 2.32. The summed E-state index contributed by atoms with van der Waals surface area (Å²) < 4.78 is 10.7. The van der Waals surface area contributed by atoms with Crippen molar-refractivity contribution in [2.24, 2.45) is 0 Å². The highest BCUT2D eigenvalue weighted by atomic mass is 16.5. The van der Waals surface area contributed by atoms with Crippen LogP contribution < -0.4 is 9.47 Å². The highest BCUT2D eigenvalue weighted by Gasteiger charge is 2.40. The van der Waals surface area contributed by atoms with Crippen molar-refractivity contribution < 1.29 is 14.6 Å². The van der Waals surface area contributed by atoms with Crippen LogP contribution in [-0.4, -0.2) is 18.8 Å². The van der Waals surface area contributed by atoms with Gasteiger partial charge in [-0.2, -0.15) is 0 Å². The van der Waals surface area contributed by atoms with Crippen molar-refractivity contribution in [1.29, 1.82) is 0 Å². The topological polar surface area (TPSA) is 38.7 Å². The van der Waals surface area contributed by atoms with E-state index in [1.165, 1.54) is 0 Å². The van der Waals surface area contributed by atoms with E-state index in [-0.39, 0.29) is 6.61 Å². The van der Waals surface area contributed by atoms with E-state index in [0.29, 0.717) is 5.75 Å². The molecule has 0 spiro atoms. The number of aliphatic hydroxyl groups is 1. The molecule has 1 aliphatic rings. The molecule has 0 fully saturated rings. The SMILES string of the molecule is COc1ccc2c(c1)OCC2(O)c1ccccc1. The second kappa shape index (κ2) is 4.03. The molecule has 3 heteroatoms. The molecule has 0 aromatic heterocycles. The summed E-state index contributed by atoms with van der Waals surface area (Å²) in [6, 6.07) is 15.1. The zero-order valence-electron chi connectivity index (χ0n) is 10.1. The van der Waals surface area contributed by atoms with Gasteiger partial charge in [-0.05, 0) is 17.7 Å². The number of ether oxygens (including phenoxy) is 2. The fraction of sp³-hybridized carbons (Fsp3) is 0.200. The van der Waals surface area contributed by atoms with E-state index in [0.717, 1.165) is 16.9 Å². The van der Waals surface area contributed by atoms with E-state index in [4.69, 9.17) is 9.47 Å². The molecule has 0 saturated carbocycles. The van der Waals surface area contributed by atoms with Gasteiger partial charge < -0.3 is 14.6 Å². The molecule has 3 nitrogen and oxygen atoms in total. The Morgan fingerprint density at radius 3 is 2.67 bits per heavy atom. The first-order valence-electron chi connectivity index (χ1n) is 5.83. The molecule has 1 unspecified atom stereocenters. The number of methoxy groups -OCH3 is 1. The molecule has 3 rings (SSSR count). The average molecular weight is 242 g/mol. The van der Waals surface area contributed by atoms with Crippen LogP contribution in [0.15, 0.2) is 48.5 Å². The van der Waals surface area contributed by atoms with Crippen molar-refractivity contribution in [3.05, 3.63) is 59.7 Å². The number of hydrogen-bond acceptors (Lipinski definition) is 3. The lowest BCUT2D eigenvalue weighted by atomic mass is 9.88. The van der Waals surface area contributed by atoms with Crippen LogP contribution in [0.2, 0.25) is 0 Å². The van der Waals surface area contributed by atoms with Gasteiger partial charge in [0, 0.05) is 11.6 Å². The number of hydrogen-bond donors (Lipinski definition) is 1. The van der Waals surface area contributed by atoms with Gasteiger partial charge in [0.2, 0.25) is 0 Å².